The molecule has 1 spiro atoms. The zero-order chi connectivity index (χ0) is 30.6. The van der Waals surface area contributed by atoms with Crippen LogP contribution in [0.3, 0.4) is 0 Å². The monoisotopic (exact) mass is 585 g/mol. The largest absolute Gasteiger partial charge is 0.389 e. The third-order valence-corrected chi connectivity index (χ3v) is 11.4. The van der Waals surface area contributed by atoms with Crippen molar-refractivity contribution in [3.63, 3.8) is 0 Å². The van der Waals surface area contributed by atoms with E-state index in [1.165, 1.54) is 54.5 Å². The van der Waals surface area contributed by atoms with Gasteiger partial charge in [-0.1, -0.05) is 74.9 Å². The maximum atomic E-state index is 11.3. The topological polar surface area (TPSA) is 38.7 Å². The van der Waals surface area contributed by atoms with Crippen molar-refractivity contribution in [2.24, 2.45) is 23.7 Å². The first-order valence-corrected chi connectivity index (χ1v) is 17.4. The van der Waals surface area contributed by atoms with E-state index in [4.69, 9.17) is 0 Å². The van der Waals surface area contributed by atoms with Gasteiger partial charge in [0, 0.05) is 38.4 Å². The van der Waals surface area contributed by atoms with Crippen molar-refractivity contribution >= 4 is 0 Å². The molecule has 5 rings (SSSR count). The first-order chi connectivity index (χ1) is 20.7. The molecule has 43 heavy (non-hydrogen) atoms. The van der Waals surface area contributed by atoms with Crippen LogP contribution in [0.4, 0.5) is 0 Å². The first kappa shape index (κ1) is 32.3. The van der Waals surface area contributed by atoms with Gasteiger partial charge in [0.2, 0.25) is 0 Å². The normalized spacial score (nSPS) is 30.2. The minimum Gasteiger partial charge on any atom is -0.389 e. The van der Waals surface area contributed by atoms with Crippen LogP contribution in [-0.2, 0) is 12.0 Å². The molecule has 0 aromatic heterocycles. The van der Waals surface area contributed by atoms with Crippen LogP contribution >= 0.6 is 0 Å². The average Bonchev–Trinajstić information content (AvgIpc) is 3.01. The Balaban J connectivity index is 1.30. The number of nitrogens with one attached hydrogen (secondary N) is 1. The molecule has 2 N–H and O–H groups in total. The van der Waals surface area contributed by atoms with Crippen molar-refractivity contribution in [1.82, 2.24) is 15.1 Å². The predicted molar refractivity (Wildman–Crippen MR) is 182 cm³/mol. The van der Waals surface area contributed by atoms with Crippen LogP contribution < -0.4 is 5.32 Å². The van der Waals surface area contributed by atoms with Gasteiger partial charge in [0.1, 0.15) is 0 Å². The van der Waals surface area contributed by atoms with Crippen LogP contribution in [0.5, 0.6) is 0 Å². The standard InChI is InChI=1S/C39H59N3O/c1-7-41(25-32-12-10-13-32)21-9-8-15-38(43)35-23-30(5)36(35)26-42-27-39(40-20-18-33(28(2)3)24-31(42)6)19-11-14-34-22-29(4)16-17-37(34)39/h8,15-17,22,24,30,32,35-36,38,40,43H,2,6-7,9-14,18-21,23,25-27H2,1,3-5H3/b15-8+,33-24+. The maximum absolute atomic E-state index is 11.3. The van der Waals surface area contributed by atoms with E-state index in [1.54, 1.807) is 0 Å². The number of hydrogen-bond acceptors (Lipinski definition) is 4. The Labute approximate surface area is 263 Å². The lowest BCUT2D eigenvalue weighted by Gasteiger charge is -2.50. The minimum absolute atomic E-state index is 0.0891. The van der Waals surface area contributed by atoms with Gasteiger partial charge in [-0.05, 0) is 118 Å². The molecular weight excluding hydrogens is 526 g/mol. The zero-order valence-corrected chi connectivity index (χ0v) is 27.7. The second kappa shape index (κ2) is 14.3. The molecule has 0 bridgehead atoms. The Morgan fingerprint density at radius 3 is 2.77 bits per heavy atom. The second-order valence-electron chi connectivity index (χ2n) is 14.5. The lowest BCUT2D eigenvalue weighted by molar-refractivity contribution is -0.0210. The zero-order valence-electron chi connectivity index (χ0n) is 27.7. The van der Waals surface area contributed by atoms with Crippen LogP contribution in [-0.4, -0.2) is 60.3 Å². The lowest BCUT2D eigenvalue weighted by atomic mass is 9.63. The lowest BCUT2D eigenvalue weighted by Crippen LogP contribution is -2.55. The summed E-state index contributed by atoms with van der Waals surface area (Å²) in [5, 5.41) is 15.4. The highest BCUT2D eigenvalue weighted by Gasteiger charge is 2.44. The van der Waals surface area contributed by atoms with Gasteiger partial charge in [-0.2, -0.15) is 0 Å². The van der Waals surface area contributed by atoms with Crippen LogP contribution in [0.1, 0.15) is 88.8 Å². The molecule has 1 aromatic carbocycles. The number of aryl methyl sites for hydroxylation is 2. The molecule has 236 valence electrons. The van der Waals surface area contributed by atoms with E-state index in [2.05, 4.69) is 92.4 Å². The SMILES string of the molecule is C=C(C)/C1=C/C(=C)N(CC2C(C)CC2C(O)/C=C/CCN(CC)CC2CCC2)CC2(CCCc3cc(C)ccc32)NCC1. The van der Waals surface area contributed by atoms with Gasteiger partial charge >= 0.3 is 0 Å². The maximum Gasteiger partial charge on any atom is 0.0752 e. The Morgan fingerprint density at radius 2 is 2.07 bits per heavy atom. The quantitative estimate of drug-likeness (QED) is 0.263. The summed E-state index contributed by atoms with van der Waals surface area (Å²) in [4.78, 5) is 5.14. The summed E-state index contributed by atoms with van der Waals surface area (Å²) in [6, 6.07) is 7.08. The summed E-state index contributed by atoms with van der Waals surface area (Å²) >= 11 is 0. The van der Waals surface area contributed by atoms with E-state index >= 15 is 0 Å². The molecule has 1 heterocycles. The van der Waals surface area contributed by atoms with Gasteiger partial charge in [-0.25, -0.2) is 0 Å². The van der Waals surface area contributed by atoms with Gasteiger partial charge in [0.05, 0.1) is 11.6 Å². The Bertz CT molecular complexity index is 1190. The van der Waals surface area contributed by atoms with Crippen molar-refractivity contribution in [2.75, 3.05) is 39.3 Å². The van der Waals surface area contributed by atoms with Gasteiger partial charge < -0.3 is 20.2 Å². The summed E-state index contributed by atoms with van der Waals surface area (Å²) in [5.41, 5.74) is 7.74. The number of aliphatic hydroxyl groups excluding tert-OH is 1. The van der Waals surface area contributed by atoms with Crippen LogP contribution in [0.2, 0.25) is 0 Å². The van der Waals surface area contributed by atoms with Crippen LogP contribution in [0, 0.1) is 30.6 Å². The van der Waals surface area contributed by atoms with E-state index in [-0.39, 0.29) is 11.6 Å². The highest BCUT2D eigenvalue weighted by atomic mass is 16.3. The average molecular weight is 586 g/mol. The van der Waals surface area contributed by atoms with E-state index < -0.39 is 0 Å². The van der Waals surface area contributed by atoms with Gasteiger partial charge in [0.25, 0.3) is 0 Å². The van der Waals surface area contributed by atoms with Gasteiger partial charge in [-0.15, -0.1) is 0 Å². The number of hydrogen-bond donors (Lipinski definition) is 2. The molecule has 2 saturated carbocycles. The number of benzene rings is 1. The molecule has 2 fully saturated rings. The summed E-state index contributed by atoms with van der Waals surface area (Å²) in [5.74, 6) is 2.26. The Hall–Kier alpha value is -2.14. The molecule has 0 radical (unpaired) electrons. The van der Waals surface area contributed by atoms with Gasteiger partial charge in [0.15, 0.2) is 0 Å². The molecule has 5 atom stereocenters. The van der Waals surface area contributed by atoms with Crippen molar-refractivity contribution in [3.05, 3.63) is 83.1 Å². The molecule has 4 nitrogen and oxygen atoms in total. The van der Waals surface area contributed by atoms with E-state index in [0.717, 1.165) is 82.0 Å². The summed E-state index contributed by atoms with van der Waals surface area (Å²) < 4.78 is 0. The number of fused-ring (bicyclic) bond motifs is 2. The fourth-order valence-electron chi connectivity index (χ4n) is 8.28. The second-order valence-corrected chi connectivity index (χ2v) is 14.5. The molecule has 5 unspecified atom stereocenters. The third-order valence-electron chi connectivity index (χ3n) is 11.4. The molecular formula is C39H59N3O. The highest BCUT2D eigenvalue weighted by Crippen LogP contribution is 2.45. The van der Waals surface area contributed by atoms with E-state index in [9.17, 15) is 5.11 Å². The molecule has 1 aromatic rings. The van der Waals surface area contributed by atoms with Crippen molar-refractivity contribution < 1.29 is 5.11 Å². The smallest absolute Gasteiger partial charge is 0.0752 e. The Morgan fingerprint density at radius 1 is 1.26 bits per heavy atom. The summed E-state index contributed by atoms with van der Waals surface area (Å²) in [7, 11) is 0. The molecule has 4 heteroatoms. The number of allylic oxidation sites excluding steroid dienone is 2. The van der Waals surface area contributed by atoms with Crippen molar-refractivity contribution in [3.8, 4) is 0 Å². The third kappa shape index (κ3) is 7.57. The predicted octanol–water partition coefficient (Wildman–Crippen LogP) is 7.54. The highest BCUT2D eigenvalue weighted by molar-refractivity contribution is 5.41. The first-order valence-electron chi connectivity index (χ1n) is 17.4. The summed E-state index contributed by atoms with van der Waals surface area (Å²) in [6.45, 7) is 24.2. The molecule has 0 saturated heterocycles. The fourth-order valence-corrected chi connectivity index (χ4v) is 8.28. The number of nitrogens with zero attached hydrogens (tertiary/aromatic N) is 2. The Kier molecular flexibility index (Phi) is 10.7. The van der Waals surface area contributed by atoms with E-state index in [0.29, 0.717) is 17.8 Å². The fraction of sp³-hybridized carbons (Fsp3) is 0.641. The molecule has 0 amide bonds. The number of rotatable bonds is 11. The summed E-state index contributed by atoms with van der Waals surface area (Å²) in [6.07, 6.45) is 17.1. The van der Waals surface area contributed by atoms with E-state index in [1.807, 2.05) is 0 Å². The molecule has 1 aliphatic heterocycles. The molecule has 3 aliphatic carbocycles. The van der Waals surface area contributed by atoms with Crippen molar-refractivity contribution in [2.45, 2.75) is 97.1 Å². The van der Waals surface area contributed by atoms with Gasteiger partial charge in [-0.3, -0.25) is 0 Å². The van der Waals surface area contributed by atoms with Crippen LogP contribution in [0.25, 0.3) is 0 Å². The molecule has 4 aliphatic rings. The van der Waals surface area contributed by atoms with Crippen LogP contribution in [0.15, 0.2) is 66.4 Å². The van der Waals surface area contributed by atoms with Crippen molar-refractivity contribution in [1.29, 1.82) is 0 Å². The minimum atomic E-state index is -0.374. The number of aliphatic hydroxyl groups is 1.